The van der Waals surface area contributed by atoms with Crippen LogP contribution in [-0.2, 0) is 6.42 Å². The maximum atomic E-state index is 2.24. The summed E-state index contributed by atoms with van der Waals surface area (Å²) < 4.78 is 0. The van der Waals surface area contributed by atoms with Gasteiger partial charge >= 0.3 is 37.7 Å². The van der Waals surface area contributed by atoms with Crippen LogP contribution in [0.3, 0.4) is 0 Å². The van der Waals surface area contributed by atoms with Crippen molar-refractivity contribution in [3.63, 3.8) is 0 Å². The molecule has 0 bridgehead atoms. The summed E-state index contributed by atoms with van der Waals surface area (Å²) in [6, 6.07) is 30.4. The van der Waals surface area contributed by atoms with Crippen LogP contribution in [0.25, 0.3) is 21.5 Å². The Kier molecular flexibility index (Phi) is 4.83. The standard InChI is InChI=1S/C21H16.Ca/c1-3-13-20-16(7-1)9-5-11-18(20)15-19-12-6-10-17-8-2-4-14-21(17)19;/h1-14H,15H2;/q;+2. The van der Waals surface area contributed by atoms with E-state index in [-0.39, 0.29) is 37.7 Å². The van der Waals surface area contributed by atoms with E-state index >= 15 is 0 Å². The van der Waals surface area contributed by atoms with Crippen molar-refractivity contribution >= 4 is 59.3 Å². The van der Waals surface area contributed by atoms with Gasteiger partial charge in [0.2, 0.25) is 0 Å². The molecule has 0 radical (unpaired) electrons. The van der Waals surface area contributed by atoms with Gasteiger partial charge in [-0.25, -0.2) is 0 Å². The van der Waals surface area contributed by atoms with Crippen LogP contribution >= 0.6 is 0 Å². The molecule has 0 spiro atoms. The Morgan fingerprint density at radius 3 is 1.36 bits per heavy atom. The fourth-order valence-electron chi connectivity index (χ4n) is 3.10. The molecule has 0 saturated carbocycles. The third kappa shape index (κ3) is 2.92. The third-order valence-corrected chi connectivity index (χ3v) is 4.14. The van der Waals surface area contributed by atoms with E-state index in [0.29, 0.717) is 0 Å². The first-order chi connectivity index (χ1) is 10.4. The smallest absolute Gasteiger partial charge is 0.0616 e. The quantitative estimate of drug-likeness (QED) is 0.446. The van der Waals surface area contributed by atoms with E-state index in [1.807, 2.05) is 0 Å². The van der Waals surface area contributed by atoms with Crippen molar-refractivity contribution in [3.8, 4) is 0 Å². The zero-order valence-corrected chi connectivity index (χ0v) is 14.7. The molecule has 0 aliphatic heterocycles. The maximum absolute atomic E-state index is 2.24. The van der Waals surface area contributed by atoms with Crippen molar-refractivity contribution in [1.29, 1.82) is 0 Å². The SMILES string of the molecule is [Ca+2].c1ccc2c(Cc3cccc4ccccc34)cccc2c1. The molecule has 0 aliphatic rings. The minimum Gasteiger partial charge on any atom is -0.0616 e. The number of rotatable bonds is 2. The van der Waals surface area contributed by atoms with Crippen LogP contribution in [0, 0.1) is 0 Å². The molecular formula is C21H16Ca+2. The van der Waals surface area contributed by atoms with Crippen molar-refractivity contribution in [3.05, 3.63) is 96.1 Å². The summed E-state index contributed by atoms with van der Waals surface area (Å²) in [5.41, 5.74) is 2.79. The third-order valence-electron chi connectivity index (χ3n) is 4.14. The summed E-state index contributed by atoms with van der Waals surface area (Å²) in [5.74, 6) is 0. The molecule has 0 fully saturated rings. The first kappa shape index (κ1) is 15.6. The fraction of sp³-hybridized carbons (Fsp3) is 0.0476. The first-order valence-electron chi connectivity index (χ1n) is 7.35. The van der Waals surface area contributed by atoms with Gasteiger partial charge < -0.3 is 0 Å². The van der Waals surface area contributed by atoms with E-state index in [9.17, 15) is 0 Å². The molecule has 4 aromatic rings. The molecule has 0 saturated heterocycles. The van der Waals surface area contributed by atoms with Crippen molar-refractivity contribution in [2.45, 2.75) is 6.42 Å². The van der Waals surface area contributed by atoms with Gasteiger partial charge in [-0.2, -0.15) is 0 Å². The van der Waals surface area contributed by atoms with Gasteiger partial charge in [0.1, 0.15) is 0 Å². The summed E-state index contributed by atoms with van der Waals surface area (Å²) in [7, 11) is 0. The molecule has 1 heteroatoms. The molecule has 0 nitrogen and oxygen atoms in total. The normalized spacial score (nSPS) is 10.5. The van der Waals surface area contributed by atoms with E-state index in [4.69, 9.17) is 0 Å². The van der Waals surface area contributed by atoms with Gasteiger partial charge in [0.05, 0.1) is 0 Å². The Bertz CT molecular complexity index is 837. The van der Waals surface area contributed by atoms with E-state index in [2.05, 4.69) is 84.9 Å². The van der Waals surface area contributed by atoms with Gasteiger partial charge in [0.25, 0.3) is 0 Å². The van der Waals surface area contributed by atoms with E-state index in [1.165, 1.54) is 32.7 Å². The molecule has 0 aromatic heterocycles. The second-order valence-corrected chi connectivity index (χ2v) is 5.45. The van der Waals surface area contributed by atoms with E-state index in [0.717, 1.165) is 6.42 Å². The van der Waals surface area contributed by atoms with Crippen molar-refractivity contribution < 1.29 is 0 Å². The van der Waals surface area contributed by atoms with Gasteiger partial charge in [-0.1, -0.05) is 84.9 Å². The predicted octanol–water partition coefficient (Wildman–Crippen LogP) is 5.20. The average Bonchev–Trinajstić information content (AvgIpc) is 2.56. The van der Waals surface area contributed by atoms with Crippen molar-refractivity contribution in [2.75, 3.05) is 0 Å². The Labute approximate surface area is 160 Å². The van der Waals surface area contributed by atoms with Crippen LogP contribution in [0.4, 0.5) is 0 Å². The van der Waals surface area contributed by atoms with Crippen LogP contribution in [-0.4, -0.2) is 37.7 Å². The molecule has 22 heavy (non-hydrogen) atoms. The molecule has 4 rings (SSSR count). The number of hydrogen-bond donors (Lipinski definition) is 0. The van der Waals surface area contributed by atoms with Crippen LogP contribution in [0.2, 0.25) is 0 Å². The molecule has 100 valence electrons. The molecule has 0 aliphatic carbocycles. The molecule has 0 unspecified atom stereocenters. The van der Waals surface area contributed by atoms with Gasteiger partial charge in [0.15, 0.2) is 0 Å². The van der Waals surface area contributed by atoms with Gasteiger partial charge in [-0.3, -0.25) is 0 Å². The average molecular weight is 308 g/mol. The second-order valence-electron chi connectivity index (χ2n) is 5.45. The Morgan fingerprint density at radius 2 is 0.864 bits per heavy atom. The summed E-state index contributed by atoms with van der Waals surface area (Å²) in [5, 5.41) is 5.34. The van der Waals surface area contributed by atoms with Crippen LogP contribution in [0.15, 0.2) is 84.9 Å². The fourth-order valence-corrected chi connectivity index (χ4v) is 3.10. The summed E-state index contributed by atoms with van der Waals surface area (Å²) in [4.78, 5) is 0. The summed E-state index contributed by atoms with van der Waals surface area (Å²) >= 11 is 0. The van der Waals surface area contributed by atoms with Gasteiger partial charge in [-0.05, 0) is 39.1 Å². The first-order valence-corrected chi connectivity index (χ1v) is 7.35. The summed E-state index contributed by atoms with van der Waals surface area (Å²) in [6.45, 7) is 0. The number of benzene rings is 4. The van der Waals surface area contributed by atoms with Crippen molar-refractivity contribution in [2.24, 2.45) is 0 Å². The largest absolute Gasteiger partial charge is 2.00 e. The van der Waals surface area contributed by atoms with Gasteiger partial charge in [0, 0.05) is 0 Å². The number of hydrogen-bond acceptors (Lipinski definition) is 0. The zero-order valence-electron chi connectivity index (χ0n) is 12.5. The molecule has 0 N–H and O–H groups in total. The van der Waals surface area contributed by atoms with Crippen molar-refractivity contribution in [1.82, 2.24) is 0 Å². The van der Waals surface area contributed by atoms with Crippen LogP contribution in [0.1, 0.15) is 11.1 Å². The number of fused-ring (bicyclic) bond motifs is 2. The monoisotopic (exact) mass is 308 g/mol. The molecule has 0 amide bonds. The van der Waals surface area contributed by atoms with E-state index < -0.39 is 0 Å². The maximum Gasteiger partial charge on any atom is 2.00 e. The zero-order chi connectivity index (χ0) is 14.1. The van der Waals surface area contributed by atoms with Crippen LogP contribution in [0.5, 0.6) is 0 Å². The Hall–Kier alpha value is -1.34. The van der Waals surface area contributed by atoms with Gasteiger partial charge in [-0.15, -0.1) is 0 Å². The Morgan fingerprint density at radius 1 is 0.455 bits per heavy atom. The minimum absolute atomic E-state index is 0. The van der Waals surface area contributed by atoms with Crippen LogP contribution < -0.4 is 0 Å². The predicted molar refractivity (Wildman–Crippen MR) is 96.5 cm³/mol. The molecule has 0 atom stereocenters. The minimum atomic E-state index is 0. The summed E-state index contributed by atoms with van der Waals surface area (Å²) in [6.07, 6.45) is 0.975. The second kappa shape index (κ2) is 6.83. The molecule has 0 heterocycles. The molecule has 4 aromatic carbocycles. The topological polar surface area (TPSA) is 0 Å². The molecular weight excluding hydrogens is 292 g/mol. The van der Waals surface area contributed by atoms with E-state index in [1.54, 1.807) is 0 Å². The Balaban J connectivity index is 0.00000144.